The first-order chi connectivity index (χ1) is 20.2. The van der Waals surface area contributed by atoms with Crippen LogP contribution in [-0.2, 0) is 14.8 Å². The molecule has 5 aromatic rings. The summed E-state index contributed by atoms with van der Waals surface area (Å²) in [4.78, 5) is 19.0. The molecule has 2 aromatic carbocycles. The molecule has 0 bridgehead atoms. The van der Waals surface area contributed by atoms with E-state index in [2.05, 4.69) is 15.0 Å². The van der Waals surface area contributed by atoms with E-state index in [0.29, 0.717) is 60.4 Å². The number of hydrogen-bond acceptors (Lipinski definition) is 9. The number of nitrogens with zero attached hydrogens (tertiary/aromatic N) is 5. The Bertz CT molecular complexity index is 1900. The van der Waals surface area contributed by atoms with Gasteiger partial charge in [0.15, 0.2) is 22.4 Å². The van der Waals surface area contributed by atoms with Gasteiger partial charge >= 0.3 is 0 Å². The summed E-state index contributed by atoms with van der Waals surface area (Å²) in [5.41, 5.74) is 6.85. The van der Waals surface area contributed by atoms with Crippen LogP contribution in [0, 0.1) is 17.5 Å². The van der Waals surface area contributed by atoms with Gasteiger partial charge in [0.25, 0.3) is 10.0 Å². The summed E-state index contributed by atoms with van der Waals surface area (Å²) in [6.45, 7) is 2.03. The fourth-order valence-corrected chi connectivity index (χ4v) is 5.75. The zero-order valence-electron chi connectivity index (χ0n) is 21.8. The van der Waals surface area contributed by atoms with Gasteiger partial charge in [-0.15, -0.1) is 0 Å². The number of sulfonamides is 1. The second-order valence-corrected chi connectivity index (χ2v) is 10.9. The summed E-state index contributed by atoms with van der Waals surface area (Å²) in [5.74, 6) is -2.34. The van der Waals surface area contributed by atoms with Crippen LogP contribution in [0.3, 0.4) is 0 Å². The molecule has 0 unspecified atom stereocenters. The Balaban J connectivity index is 1.43. The largest absolute Gasteiger partial charge is 0.384 e. The number of ether oxygens (including phenoxy) is 1. The third-order valence-corrected chi connectivity index (χ3v) is 8.00. The second kappa shape index (κ2) is 10.9. The molecule has 0 aliphatic carbocycles. The molecule has 0 atom stereocenters. The number of hydrogen-bond donors (Lipinski definition) is 2. The number of rotatable bonds is 6. The molecular weight excluding hydrogens is 571 g/mol. The first-order valence-corrected chi connectivity index (χ1v) is 14.2. The van der Waals surface area contributed by atoms with Crippen molar-refractivity contribution in [1.29, 1.82) is 0 Å². The molecule has 10 nitrogen and oxygen atoms in total. The smallest absolute Gasteiger partial charge is 0.267 e. The van der Waals surface area contributed by atoms with Gasteiger partial charge in [-0.05, 0) is 48.5 Å². The molecule has 14 heteroatoms. The summed E-state index contributed by atoms with van der Waals surface area (Å²) in [5, 5.41) is 0. The van der Waals surface area contributed by atoms with E-state index in [9.17, 15) is 17.2 Å². The van der Waals surface area contributed by atoms with Crippen LogP contribution in [0.5, 0.6) is 0 Å². The molecule has 0 saturated carbocycles. The number of nitrogens with one attached hydrogen (secondary N) is 1. The van der Waals surface area contributed by atoms with E-state index in [1.165, 1.54) is 18.2 Å². The maximum Gasteiger partial charge on any atom is 0.267 e. The molecule has 1 saturated heterocycles. The normalized spacial score (nSPS) is 13.8. The number of pyridine rings is 2. The topological polar surface area (TPSA) is 136 Å². The van der Waals surface area contributed by atoms with Crippen molar-refractivity contribution < 1.29 is 26.3 Å². The number of fused-ring (bicyclic) bond motifs is 1. The molecule has 42 heavy (non-hydrogen) atoms. The molecular formula is C28H22F3N7O3S. The Morgan fingerprint density at radius 1 is 0.881 bits per heavy atom. The van der Waals surface area contributed by atoms with Crippen LogP contribution in [0.1, 0.15) is 0 Å². The molecule has 1 fully saturated rings. The van der Waals surface area contributed by atoms with Crippen molar-refractivity contribution >= 4 is 38.4 Å². The van der Waals surface area contributed by atoms with Gasteiger partial charge < -0.3 is 15.4 Å². The Kier molecular flexibility index (Phi) is 7.08. The molecule has 0 amide bonds. The van der Waals surface area contributed by atoms with Crippen LogP contribution in [0.15, 0.2) is 71.8 Å². The lowest BCUT2D eigenvalue weighted by Gasteiger charge is -2.28. The van der Waals surface area contributed by atoms with E-state index in [4.69, 9.17) is 15.5 Å². The Morgan fingerprint density at radius 2 is 1.62 bits per heavy atom. The number of halogens is 3. The zero-order valence-corrected chi connectivity index (χ0v) is 22.6. The average Bonchev–Trinajstić information content (AvgIpc) is 2.98. The van der Waals surface area contributed by atoms with Crippen LogP contribution in [0.25, 0.3) is 33.7 Å². The first kappa shape index (κ1) is 27.4. The van der Waals surface area contributed by atoms with Crippen molar-refractivity contribution in [3.05, 3.63) is 84.3 Å². The summed E-state index contributed by atoms with van der Waals surface area (Å²) in [7, 11) is -4.80. The third kappa shape index (κ3) is 5.17. The predicted octanol–water partition coefficient (Wildman–Crippen LogP) is 4.39. The fraction of sp³-hybridized carbons (Fsp3) is 0.143. The van der Waals surface area contributed by atoms with Crippen LogP contribution < -0.4 is 15.4 Å². The molecule has 4 heterocycles. The lowest BCUT2D eigenvalue weighted by atomic mass is 10.1. The standard InChI is InChI=1S/C28H22F3N7O3S/c29-18-4-2-5-19(30)26(18)42(39,40)37-21-6-1-3-17(24(21)31)20-8-9-22-25(34-20)28(38-11-13-41-14-12-38)36-27(35-22)16-7-10-23(32)33-15-16/h1-10,15,37H,11-14H2,(H2,32,33). The summed E-state index contributed by atoms with van der Waals surface area (Å²) < 4.78 is 77.1. The minimum absolute atomic E-state index is 0.0501. The number of benzene rings is 2. The molecule has 0 radical (unpaired) electrons. The number of aromatic nitrogens is 4. The van der Waals surface area contributed by atoms with E-state index < -0.39 is 38.1 Å². The van der Waals surface area contributed by atoms with Crippen LogP contribution in [0.4, 0.5) is 30.5 Å². The zero-order chi connectivity index (χ0) is 29.4. The maximum absolute atomic E-state index is 15.7. The molecule has 214 valence electrons. The van der Waals surface area contributed by atoms with Gasteiger partial charge in [0.2, 0.25) is 0 Å². The van der Waals surface area contributed by atoms with Crippen molar-refractivity contribution in [2.24, 2.45) is 0 Å². The maximum atomic E-state index is 15.7. The van der Waals surface area contributed by atoms with Crippen molar-refractivity contribution in [1.82, 2.24) is 19.9 Å². The Morgan fingerprint density at radius 3 is 2.33 bits per heavy atom. The van der Waals surface area contributed by atoms with Gasteiger partial charge in [0.1, 0.15) is 23.0 Å². The molecule has 3 aromatic heterocycles. The van der Waals surface area contributed by atoms with Gasteiger partial charge in [0.05, 0.1) is 30.1 Å². The monoisotopic (exact) mass is 593 g/mol. The van der Waals surface area contributed by atoms with Crippen molar-refractivity contribution in [2.45, 2.75) is 4.90 Å². The second-order valence-electron chi connectivity index (χ2n) is 9.33. The highest BCUT2D eigenvalue weighted by Gasteiger charge is 2.26. The van der Waals surface area contributed by atoms with E-state index in [1.54, 1.807) is 24.4 Å². The van der Waals surface area contributed by atoms with E-state index in [1.807, 2.05) is 9.62 Å². The van der Waals surface area contributed by atoms with Crippen LogP contribution in [0.2, 0.25) is 0 Å². The van der Waals surface area contributed by atoms with Gasteiger partial charge in [-0.3, -0.25) is 4.72 Å². The Labute approximate surface area is 238 Å². The summed E-state index contributed by atoms with van der Waals surface area (Å²) >= 11 is 0. The lowest BCUT2D eigenvalue weighted by molar-refractivity contribution is 0.122. The van der Waals surface area contributed by atoms with Gasteiger partial charge in [0, 0.05) is 30.4 Å². The third-order valence-electron chi connectivity index (χ3n) is 6.59. The highest BCUT2D eigenvalue weighted by Crippen LogP contribution is 2.33. The van der Waals surface area contributed by atoms with Gasteiger partial charge in [-0.1, -0.05) is 12.1 Å². The molecule has 1 aliphatic rings. The lowest BCUT2D eigenvalue weighted by Crippen LogP contribution is -2.37. The van der Waals surface area contributed by atoms with Crippen LogP contribution >= 0.6 is 0 Å². The quantitative estimate of drug-likeness (QED) is 0.294. The summed E-state index contributed by atoms with van der Waals surface area (Å²) in [6.07, 6.45) is 1.57. The number of nitrogen functional groups attached to an aromatic ring is 1. The van der Waals surface area contributed by atoms with E-state index in [-0.39, 0.29) is 11.3 Å². The van der Waals surface area contributed by atoms with E-state index >= 15 is 4.39 Å². The average molecular weight is 594 g/mol. The van der Waals surface area contributed by atoms with Gasteiger partial charge in [-0.25, -0.2) is 41.5 Å². The van der Waals surface area contributed by atoms with Gasteiger partial charge in [-0.2, -0.15) is 0 Å². The molecule has 1 aliphatic heterocycles. The van der Waals surface area contributed by atoms with Crippen molar-refractivity contribution in [3.63, 3.8) is 0 Å². The molecule has 6 rings (SSSR count). The minimum atomic E-state index is -4.80. The minimum Gasteiger partial charge on any atom is -0.384 e. The fourth-order valence-electron chi connectivity index (χ4n) is 4.55. The predicted molar refractivity (Wildman–Crippen MR) is 151 cm³/mol. The van der Waals surface area contributed by atoms with Crippen LogP contribution in [-0.4, -0.2) is 54.7 Å². The Hall–Kier alpha value is -4.82. The SMILES string of the molecule is Nc1ccc(-c2nc(N3CCOCC3)c3nc(-c4cccc(NS(=O)(=O)c5c(F)cccc5F)c4F)ccc3n2)cn1. The highest BCUT2D eigenvalue weighted by atomic mass is 32.2. The number of nitrogens with two attached hydrogens (primary N) is 1. The molecule has 0 spiro atoms. The van der Waals surface area contributed by atoms with E-state index in [0.717, 1.165) is 24.3 Å². The first-order valence-electron chi connectivity index (χ1n) is 12.7. The van der Waals surface area contributed by atoms with Crippen molar-refractivity contribution in [2.75, 3.05) is 41.7 Å². The summed E-state index contributed by atoms with van der Waals surface area (Å²) in [6, 6.07) is 13.2. The highest BCUT2D eigenvalue weighted by molar-refractivity contribution is 7.92. The van der Waals surface area contributed by atoms with Crippen molar-refractivity contribution in [3.8, 4) is 22.6 Å². The number of anilines is 3. The number of morpholine rings is 1. The molecule has 3 N–H and O–H groups in total.